The predicted molar refractivity (Wildman–Crippen MR) is 132 cm³/mol. The molecule has 0 spiro atoms. The van der Waals surface area contributed by atoms with E-state index in [2.05, 4.69) is 15.6 Å². The largest absolute Gasteiger partial charge is 0.497 e. The molecule has 0 unspecified atom stereocenters. The predicted octanol–water partition coefficient (Wildman–Crippen LogP) is 4.83. The van der Waals surface area contributed by atoms with Crippen LogP contribution in [0.5, 0.6) is 5.75 Å². The molecule has 3 rings (SSSR count). The zero-order chi connectivity index (χ0) is 25.0. The minimum absolute atomic E-state index is 0.0741. The second kappa shape index (κ2) is 10.9. The van der Waals surface area contributed by atoms with Gasteiger partial charge < -0.3 is 20.3 Å². The van der Waals surface area contributed by atoms with Gasteiger partial charge in [0.15, 0.2) is 5.13 Å². The number of methoxy groups -OCH3 is 1. The molecule has 1 aromatic heterocycles. The van der Waals surface area contributed by atoms with E-state index in [4.69, 9.17) is 28.1 Å². The van der Waals surface area contributed by atoms with Crippen molar-refractivity contribution in [3.63, 3.8) is 0 Å². The summed E-state index contributed by atoms with van der Waals surface area (Å²) in [5.41, 5.74) is 1.47. The molecule has 14 heteroatoms. The Bertz CT molecular complexity index is 1280. The molecule has 0 fully saturated rings. The number of benzene rings is 2. The van der Waals surface area contributed by atoms with Crippen LogP contribution in [0.1, 0.15) is 0 Å². The molecule has 0 radical (unpaired) electrons. The monoisotopic (exact) mass is 551 g/mol. The molecular formula is C20H21Cl2F2N5O3S2. The molecule has 0 amide bonds. The number of hydrogen-bond donors (Lipinski definition) is 2. The maximum atomic E-state index is 15.0. The van der Waals surface area contributed by atoms with Crippen LogP contribution in [0.15, 0.2) is 41.4 Å². The Labute approximate surface area is 210 Å². The first-order chi connectivity index (χ1) is 16.1. The maximum Gasteiger partial charge on any atom is 0.283 e. The van der Waals surface area contributed by atoms with Gasteiger partial charge in [-0.25, -0.2) is 9.37 Å². The zero-order valence-electron chi connectivity index (χ0n) is 18.3. The molecule has 0 aliphatic rings. The highest BCUT2D eigenvalue weighted by atomic mass is 35.5. The van der Waals surface area contributed by atoms with Crippen LogP contribution in [-0.4, -0.2) is 47.7 Å². The van der Waals surface area contributed by atoms with Crippen molar-refractivity contribution in [1.29, 1.82) is 0 Å². The van der Waals surface area contributed by atoms with Crippen LogP contribution < -0.4 is 24.1 Å². The first-order valence-corrected chi connectivity index (χ1v) is 12.7. The first-order valence-electron chi connectivity index (χ1n) is 9.70. The normalized spacial score (nSPS) is 11.4. The highest BCUT2D eigenvalue weighted by molar-refractivity contribution is 7.94. The third-order valence-electron chi connectivity index (χ3n) is 4.71. The summed E-state index contributed by atoms with van der Waals surface area (Å²) in [6, 6.07) is 7.14. The van der Waals surface area contributed by atoms with Crippen molar-refractivity contribution in [3.8, 4) is 5.75 Å². The average Bonchev–Trinajstić information content (AvgIpc) is 3.25. The molecule has 8 nitrogen and oxygen atoms in total. The molecular weight excluding hydrogens is 531 g/mol. The summed E-state index contributed by atoms with van der Waals surface area (Å²) in [4.78, 5) is 4.74. The number of aromatic nitrogens is 1. The Morgan fingerprint density at radius 2 is 1.94 bits per heavy atom. The fraction of sp³-hybridized carbons (Fsp3) is 0.250. The van der Waals surface area contributed by atoms with E-state index in [9.17, 15) is 17.2 Å². The van der Waals surface area contributed by atoms with Crippen LogP contribution in [0.4, 0.5) is 31.0 Å². The zero-order valence-corrected chi connectivity index (χ0v) is 21.4. The van der Waals surface area contributed by atoms with E-state index in [0.717, 1.165) is 24.0 Å². The highest BCUT2D eigenvalue weighted by Gasteiger charge is 2.30. The number of hydrogen-bond acceptors (Lipinski definition) is 8. The summed E-state index contributed by atoms with van der Waals surface area (Å²) < 4.78 is 59.3. The summed E-state index contributed by atoms with van der Waals surface area (Å²) in [7, 11) is 0.663. The topological polar surface area (TPSA) is 86.8 Å². The second-order valence-electron chi connectivity index (χ2n) is 6.96. The van der Waals surface area contributed by atoms with Gasteiger partial charge in [0.25, 0.3) is 10.0 Å². The van der Waals surface area contributed by atoms with E-state index in [0.29, 0.717) is 35.9 Å². The molecule has 3 aromatic rings. The van der Waals surface area contributed by atoms with E-state index in [1.165, 1.54) is 0 Å². The van der Waals surface area contributed by atoms with Crippen molar-refractivity contribution in [2.75, 3.05) is 48.3 Å². The lowest BCUT2D eigenvalue weighted by molar-refractivity contribution is 0.415. The van der Waals surface area contributed by atoms with Gasteiger partial charge in [0.1, 0.15) is 16.5 Å². The number of anilines is 4. The minimum atomic E-state index is -4.60. The Balaban J connectivity index is 1.96. The fourth-order valence-electron chi connectivity index (χ4n) is 2.94. The molecule has 0 aliphatic heterocycles. The van der Waals surface area contributed by atoms with Crippen molar-refractivity contribution in [2.24, 2.45) is 0 Å². The minimum Gasteiger partial charge on any atom is -0.497 e. The molecule has 2 aromatic carbocycles. The lowest BCUT2D eigenvalue weighted by atomic mass is 10.2. The van der Waals surface area contributed by atoms with Crippen molar-refractivity contribution in [3.05, 3.63) is 52.5 Å². The van der Waals surface area contributed by atoms with E-state index in [-0.39, 0.29) is 19.7 Å². The third-order valence-corrected chi connectivity index (χ3v) is 8.18. The number of halogens is 4. The number of rotatable bonds is 10. The van der Waals surface area contributed by atoms with E-state index in [1.807, 2.05) is 19.0 Å². The molecule has 184 valence electrons. The first kappa shape index (κ1) is 26.2. The maximum absolute atomic E-state index is 15.0. The lowest BCUT2D eigenvalue weighted by Crippen LogP contribution is -2.27. The van der Waals surface area contributed by atoms with Gasteiger partial charge in [-0.15, -0.1) is 3.82 Å². The standard InChI is InChI=1S/C20H21Cl2F2N5O3S2/c1-25-6-7-28(2)17-8-12(32-3)4-5-15(17)27-16-10-14(23)18(9-13(16)21)34(30,31)29(22)20-26-11-19(24)33-20/h4-5,8-11,25,27H,6-7H2,1-3H3. The number of likely N-dealkylation sites (N-methyl/N-ethyl adjacent to an activating group) is 2. The molecule has 0 bridgehead atoms. The van der Waals surface area contributed by atoms with Crippen LogP contribution in [0, 0.1) is 10.9 Å². The van der Waals surface area contributed by atoms with Crippen LogP contribution in [0.25, 0.3) is 0 Å². The quantitative estimate of drug-likeness (QED) is 0.349. The number of ether oxygens (including phenoxy) is 1. The summed E-state index contributed by atoms with van der Waals surface area (Å²) >= 11 is 12.5. The Morgan fingerprint density at radius 3 is 2.56 bits per heavy atom. The van der Waals surface area contributed by atoms with Gasteiger partial charge in [-0.1, -0.05) is 22.9 Å². The molecule has 2 N–H and O–H groups in total. The lowest BCUT2D eigenvalue weighted by Gasteiger charge is -2.24. The fourth-order valence-corrected chi connectivity index (χ4v) is 5.45. The van der Waals surface area contributed by atoms with Gasteiger partial charge in [-0.2, -0.15) is 12.8 Å². The third kappa shape index (κ3) is 5.63. The summed E-state index contributed by atoms with van der Waals surface area (Å²) in [6.45, 7) is 1.38. The van der Waals surface area contributed by atoms with Crippen molar-refractivity contribution < 1.29 is 21.9 Å². The molecule has 0 saturated heterocycles. The van der Waals surface area contributed by atoms with Gasteiger partial charge in [-0.3, -0.25) is 0 Å². The van der Waals surface area contributed by atoms with Gasteiger partial charge in [-0.05, 0) is 25.2 Å². The SMILES string of the molecule is CNCCN(C)c1cc(OC)ccc1Nc1cc(F)c(S(=O)(=O)N(Cl)c2ncc(F)s2)cc1Cl. The van der Waals surface area contributed by atoms with E-state index in [1.54, 1.807) is 25.3 Å². The second-order valence-corrected chi connectivity index (χ2v) is 10.6. The van der Waals surface area contributed by atoms with Crippen LogP contribution in [-0.2, 0) is 10.0 Å². The average molecular weight is 552 g/mol. The van der Waals surface area contributed by atoms with Gasteiger partial charge in [0, 0.05) is 44.0 Å². The Morgan fingerprint density at radius 1 is 1.21 bits per heavy atom. The Hall–Kier alpha value is -2.38. The van der Waals surface area contributed by atoms with Crippen molar-refractivity contribution in [2.45, 2.75) is 4.90 Å². The Kier molecular flexibility index (Phi) is 8.42. The van der Waals surface area contributed by atoms with Crippen LogP contribution >= 0.6 is 34.7 Å². The molecule has 34 heavy (non-hydrogen) atoms. The molecule has 0 aliphatic carbocycles. The number of nitrogens with zero attached hydrogens (tertiary/aromatic N) is 3. The van der Waals surface area contributed by atoms with Crippen LogP contribution in [0.2, 0.25) is 5.02 Å². The summed E-state index contributed by atoms with van der Waals surface area (Å²) in [5.74, 6) is -0.482. The van der Waals surface area contributed by atoms with Crippen molar-refractivity contribution >= 4 is 66.9 Å². The molecule has 0 saturated carbocycles. The number of nitrogens with one attached hydrogen (secondary N) is 2. The smallest absolute Gasteiger partial charge is 0.283 e. The number of sulfonamides is 1. The number of thiazole rings is 1. The van der Waals surface area contributed by atoms with E-state index < -0.39 is 25.9 Å². The van der Waals surface area contributed by atoms with Gasteiger partial charge >= 0.3 is 0 Å². The van der Waals surface area contributed by atoms with Crippen LogP contribution in [0.3, 0.4) is 0 Å². The highest BCUT2D eigenvalue weighted by Crippen LogP contribution is 2.37. The van der Waals surface area contributed by atoms with Gasteiger partial charge in [0.2, 0.25) is 5.13 Å². The summed E-state index contributed by atoms with van der Waals surface area (Å²) in [6.07, 6.45) is 0.807. The molecule has 1 heterocycles. The van der Waals surface area contributed by atoms with Crippen molar-refractivity contribution in [1.82, 2.24) is 10.3 Å². The summed E-state index contributed by atoms with van der Waals surface area (Å²) in [5, 5.41) is 4.92. The van der Waals surface area contributed by atoms with E-state index >= 15 is 0 Å². The van der Waals surface area contributed by atoms with Gasteiger partial charge in [0.05, 0.1) is 35.4 Å². The molecule has 0 atom stereocenters.